The minimum Gasteiger partial charge on any atom is -0.394 e. The van der Waals surface area contributed by atoms with Crippen molar-refractivity contribution in [2.45, 2.75) is 44.2 Å². The zero-order valence-corrected chi connectivity index (χ0v) is 15.3. The van der Waals surface area contributed by atoms with Gasteiger partial charge in [-0.3, -0.25) is 8.98 Å². The lowest BCUT2D eigenvalue weighted by Gasteiger charge is -2.43. The Labute approximate surface area is 152 Å². The Bertz CT molecular complexity index is 695. The molecule has 1 saturated heterocycles. The third-order valence-electron chi connectivity index (χ3n) is 3.77. The van der Waals surface area contributed by atoms with Crippen LogP contribution in [-0.4, -0.2) is 68.0 Å². The smallest absolute Gasteiger partial charge is 0.264 e. The lowest BCUT2D eigenvalue weighted by Crippen LogP contribution is -2.65. The maximum atomic E-state index is 11.5. The minimum absolute atomic E-state index is 0.129. The average molecular weight is 389 g/mol. The number of aliphatic hydroxyl groups excluding tert-OH is 2. The number of hydrogen-bond donors (Lipinski definition) is 3. The largest absolute Gasteiger partial charge is 0.394 e. The molecule has 9 nitrogen and oxygen atoms in total. The van der Waals surface area contributed by atoms with E-state index >= 15 is 0 Å². The molecule has 0 saturated carbocycles. The molecule has 1 heterocycles. The molecule has 1 amide bonds. The fraction of sp³-hybridized carbons (Fsp3) is 0.562. The van der Waals surface area contributed by atoms with Crippen molar-refractivity contribution >= 4 is 16.0 Å². The Balaban J connectivity index is 2.18. The van der Waals surface area contributed by atoms with Gasteiger partial charge in [0.2, 0.25) is 5.91 Å². The average Bonchev–Trinajstić information content (AvgIpc) is 2.57. The van der Waals surface area contributed by atoms with Crippen molar-refractivity contribution in [2.75, 3.05) is 12.9 Å². The summed E-state index contributed by atoms with van der Waals surface area (Å²) in [4.78, 5) is 11.5. The Morgan fingerprint density at radius 3 is 2.50 bits per heavy atom. The molecule has 1 aromatic carbocycles. The molecule has 0 aromatic heterocycles. The highest BCUT2D eigenvalue weighted by molar-refractivity contribution is 7.86. The second-order valence-electron chi connectivity index (χ2n) is 6.00. The standard InChI is InChI=1S/C16H23NO8S/c1-10(19)17-13-14(20)15(25-26(2,21)22)12(8-18)24-16(13)23-9-11-6-4-3-5-7-11/h3-7,12-16,18,20H,8-9H2,1-2H3,(H,17,19)/t12-,13+,14+,15+,16-/m0/s1. The lowest BCUT2D eigenvalue weighted by molar-refractivity contribution is -0.268. The highest BCUT2D eigenvalue weighted by atomic mass is 32.2. The molecule has 1 aliphatic heterocycles. The third-order valence-corrected chi connectivity index (χ3v) is 4.34. The summed E-state index contributed by atoms with van der Waals surface area (Å²) in [6.45, 7) is 0.769. The lowest BCUT2D eigenvalue weighted by atomic mass is 9.97. The molecule has 1 fully saturated rings. The molecular formula is C16H23NO8S. The van der Waals surface area contributed by atoms with Crippen LogP contribution in [0.3, 0.4) is 0 Å². The van der Waals surface area contributed by atoms with Gasteiger partial charge < -0.3 is 25.0 Å². The molecule has 0 radical (unpaired) electrons. The van der Waals surface area contributed by atoms with Crippen LogP contribution >= 0.6 is 0 Å². The van der Waals surface area contributed by atoms with Crippen molar-refractivity contribution in [2.24, 2.45) is 0 Å². The monoisotopic (exact) mass is 389 g/mol. The summed E-state index contributed by atoms with van der Waals surface area (Å²) >= 11 is 0. The summed E-state index contributed by atoms with van der Waals surface area (Å²) in [5.41, 5.74) is 0.835. The van der Waals surface area contributed by atoms with Gasteiger partial charge in [-0.15, -0.1) is 0 Å². The number of benzene rings is 1. The second-order valence-corrected chi connectivity index (χ2v) is 7.60. The van der Waals surface area contributed by atoms with E-state index in [9.17, 15) is 23.4 Å². The zero-order chi connectivity index (χ0) is 19.3. The molecule has 0 spiro atoms. The van der Waals surface area contributed by atoms with Gasteiger partial charge in [0, 0.05) is 6.92 Å². The van der Waals surface area contributed by atoms with Crippen molar-refractivity contribution in [3.8, 4) is 0 Å². The van der Waals surface area contributed by atoms with E-state index in [0.29, 0.717) is 0 Å². The molecule has 0 bridgehead atoms. The van der Waals surface area contributed by atoms with Gasteiger partial charge in [0.15, 0.2) is 6.29 Å². The SMILES string of the molecule is CC(=O)N[C@H]1[C@@H](OCc2ccccc2)O[C@@H](CO)[C@@H](OS(C)(=O)=O)[C@@H]1O. The molecule has 2 rings (SSSR count). The molecule has 0 unspecified atom stereocenters. The van der Waals surface area contributed by atoms with E-state index in [1.165, 1.54) is 6.92 Å². The van der Waals surface area contributed by atoms with E-state index in [0.717, 1.165) is 11.8 Å². The van der Waals surface area contributed by atoms with Crippen LogP contribution in [0.4, 0.5) is 0 Å². The van der Waals surface area contributed by atoms with Crippen LogP contribution in [0.25, 0.3) is 0 Å². The summed E-state index contributed by atoms with van der Waals surface area (Å²) in [5, 5.41) is 22.5. The molecule has 1 aromatic rings. The van der Waals surface area contributed by atoms with E-state index in [1.54, 1.807) is 0 Å². The molecule has 5 atom stereocenters. The molecular weight excluding hydrogens is 366 g/mol. The molecule has 26 heavy (non-hydrogen) atoms. The van der Waals surface area contributed by atoms with E-state index in [2.05, 4.69) is 5.32 Å². The van der Waals surface area contributed by atoms with Crippen molar-refractivity contribution in [3.05, 3.63) is 35.9 Å². The first-order valence-corrected chi connectivity index (χ1v) is 9.78. The van der Waals surface area contributed by atoms with Crippen LogP contribution in [-0.2, 0) is 35.2 Å². The van der Waals surface area contributed by atoms with Gasteiger partial charge in [0.05, 0.1) is 19.5 Å². The van der Waals surface area contributed by atoms with Crippen LogP contribution in [0.5, 0.6) is 0 Å². The number of nitrogens with one attached hydrogen (secondary N) is 1. The molecule has 0 aliphatic carbocycles. The van der Waals surface area contributed by atoms with Crippen molar-refractivity contribution < 1.29 is 37.1 Å². The van der Waals surface area contributed by atoms with Crippen LogP contribution in [0.2, 0.25) is 0 Å². The van der Waals surface area contributed by atoms with E-state index < -0.39 is 53.3 Å². The Morgan fingerprint density at radius 1 is 1.31 bits per heavy atom. The Morgan fingerprint density at radius 2 is 1.96 bits per heavy atom. The minimum atomic E-state index is -3.93. The number of aliphatic hydroxyl groups is 2. The quantitative estimate of drug-likeness (QED) is 0.513. The summed E-state index contributed by atoms with van der Waals surface area (Å²) in [5.74, 6) is -0.466. The topological polar surface area (TPSA) is 131 Å². The predicted molar refractivity (Wildman–Crippen MR) is 90.3 cm³/mol. The van der Waals surface area contributed by atoms with Gasteiger partial charge in [-0.25, -0.2) is 0 Å². The first kappa shape index (κ1) is 20.7. The van der Waals surface area contributed by atoms with E-state index in [4.69, 9.17) is 13.7 Å². The molecule has 146 valence electrons. The summed E-state index contributed by atoms with van der Waals surface area (Å²) in [6, 6.07) is 8.07. The predicted octanol–water partition coefficient (Wildman–Crippen LogP) is -0.869. The number of amides is 1. The van der Waals surface area contributed by atoms with Gasteiger partial charge >= 0.3 is 0 Å². The van der Waals surface area contributed by atoms with Gasteiger partial charge in [-0.2, -0.15) is 8.42 Å². The normalized spacial score (nSPS) is 29.3. The number of ether oxygens (including phenoxy) is 2. The highest BCUT2D eigenvalue weighted by Crippen LogP contribution is 2.26. The Kier molecular flexibility index (Phi) is 7.09. The number of rotatable bonds is 7. The van der Waals surface area contributed by atoms with E-state index in [-0.39, 0.29) is 6.61 Å². The number of carbonyl (C=O) groups is 1. The fourth-order valence-corrected chi connectivity index (χ4v) is 3.31. The summed E-state index contributed by atoms with van der Waals surface area (Å²) in [6.07, 6.45) is -4.29. The van der Waals surface area contributed by atoms with E-state index in [1.807, 2.05) is 30.3 Å². The first-order chi connectivity index (χ1) is 12.2. The van der Waals surface area contributed by atoms with Crippen molar-refractivity contribution in [1.29, 1.82) is 0 Å². The fourth-order valence-electron chi connectivity index (χ4n) is 2.67. The van der Waals surface area contributed by atoms with Gasteiger partial charge in [0.1, 0.15) is 24.4 Å². The van der Waals surface area contributed by atoms with Crippen LogP contribution in [0, 0.1) is 0 Å². The van der Waals surface area contributed by atoms with Gasteiger partial charge in [-0.1, -0.05) is 30.3 Å². The molecule has 3 N–H and O–H groups in total. The van der Waals surface area contributed by atoms with Crippen LogP contribution in [0.15, 0.2) is 30.3 Å². The van der Waals surface area contributed by atoms with Crippen LogP contribution < -0.4 is 5.32 Å². The van der Waals surface area contributed by atoms with Crippen molar-refractivity contribution in [3.63, 3.8) is 0 Å². The third kappa shape index (κ3) is 5.73. The van der Waals surface area contributed by atoms with Gasteiger partial charge in [-0.05, 0) is 5.56 Å². The maximum absolute atomic E-state index is 11.5. The molecule has 10 heteroatoms. The highest BCUT2D eigenvalue weighted by Gasteiger charge is 2.48. The molecule has 1 aliphatic rings. The maximum Gasteiger partial charge on any atom is 0.264 e. The summed E-state index contributed by atoms with van der Waals surface area (Å²) < 4.78 is 38.9. The zero-order valence-electron chi connectivity index (χ0n) is 14.4. The second kappa shape index (κ2) is 8.89. The van der Waals surface area contributed by atoms with Crippen molar-refractivity contribution in [1.82, 2.24) is 5.32 Å². The Hall–Kier alpha value is -1.56. The van der Waals surface area contributed by atoms with Gasteiger partial charge in [0.25, 0.3) is 10.1 Å². The van der Waals surface area contributed by atoms with Crippen LogP contribution in [0.1, 0.15) is 12.5 Å². The number of hydrogen-bond acceptors (Lipinski definition) is 8. The summed E-state index contributed by atoms with van der Waals surface area (Å²) in [7, 11) is -3.93. The first-order valence-electron chi connectivity index (χ1n) is 7.96. The number of carbonyl (C=O) groups excluding carboxylic acids is 1.